The second kappa shape index (κ2) is 6.72. The number of carboxylic acids is 1. The van der Waals surface area contributed by atoms with E-state index >= 15 is 0 Å². The van der Waals surface area contributed by atoms with Crippen LogP contribution < -0.4 is 10.6 Å². The molecule has 0 unspecified atom stereocenters. The van der Waals surface area contributed by atoms with Crippen LogP contribution in [0.25, 0.3) is 0 Å². The van der Waals surface area contributed by atoms with Crippen molar-refractivity contribution in [2.75, 3.05) is 6.54 Å². The van der Waals surface area contributed by atoms with Crippen LogP contribution in [0, 0.1) is 11.3 Å². The minimum Gasteiger partial charge on any atom is -0.480 e. The second-order valence-electron chi connectivity index (χ2n) is 6.18. The molecule has 6 heteroatoms. The number of hydrogen-bond acceptors (Lipinski definition) is 3. The highest BCUT2D eigenvalue weighted by atomic mass is 16.4. The molecule has 0 saturated heterocycles. The van der Waals surface area contributed by atoms with Crippen molar-refractivity contribution in [3.05, 3.63) is 0 Å². The molecule has 20 heavy (non-hydrogen) atoms. The summed E-state index contributed by atoms with van der Waals surface area (Å²) in [6.45, 7) is 5.49. The van der Waals surface area contributed by atoms with Gasteiger partial charge >= 0.3 is 5.97 Å². The average molecular weight is 284 g/mol. The highest BCUT2D eigenvalue weighted by Gasteiger charge is 2.39. The van der Waals surface area contributed by atoms with Gasteiger partial charge in [0.2, 0.25) is 11.8 Å². The van der Waals surface area contributed by atoms with Gasteiger partial charge in [-0.25, -0.2) is 4.79 Å². The molecule has 0 aliphatic heterocycles. The van der Waals surface area contributed by atoms with Crippen molar-refractivity contribution < 1.29 is 19.5 Å². The third kappa shape index (κ3) is 4.51. The number of aliphatic carboxylic acids is 1. The molecule has 0 bridgehead atoms. The van der Waals surface area contributed by atoms with Crippen molar-refractivity contribution in [3.8, 4) is 0 Å². The minimum absolute atomic E-state index is 0.130. The maximum Gasteiger partial charge on any atom is 0.326 e. The lowest BCUT2D eigenvalue weighted by Crippen LogP contribution is -2.49. The Balaban J connectivity index is 2.38. The topological polar surface area (TPSA) is 95.5 Å². The molecule has 1 aliphatic carbocycles. The maximum absolute atomic E-state index is 11.8. The summed E-state index contributed by atoms with van der Waals surface area (Å²) in [7, 11) is 0. The van der Waals surface area contributed by atoms with Crippen LogP contribution in [0.15, 0.2) is 0 Å². The van der Waals surface area contributed by atoms with Gasteiger partial charge in [-0.2, -0.15) is 0 Å². The third-order valence-corrected chi connectivity index (χ3v) is 3.76. The molecule has 0 aromatic heterocycles. The van der Waals surface area contributed by atoms with E-state index in [9.17, 15) is 14.4 Å². The van der Waals surface area contributed by atoms with Crippen LogP contribution in [0.4, 0.5) is 0 Å². The molecule has 0 spiro atoms. The smallest absolute Gasteiger partial charge is 0.326 e. The fraction of sp³-hybridized carbons (Fsp3) is 0.786. The van der Waals surface area contributed by atoms with E-state index in [1.54, 1.807) is 0 Å². The standard InChI is InChI=1S/C14H24N2O4/c1-9(2)7-10(12(18)19)16-11(17)8-15-13(20)14(3)5-4-6-14/h9-10H,4-8H2,1-3H3,(H,15,20)(H,16,17)(H,18,19)/t10-/m0/s1. The van der Waals surface area contributed by atoms with E-state index in [0.717, 1.165) is 19.3 Å². The molecule has 2 amide bonds. The molecule has 1 atom stereocenters. The number of amides is 2. The van der Waals surface area contributed by atoms with Crippen molar-refractivity contribution in [2.45, 2.75) is 52.5 Å². The minimum atomic E-state index is -1.05. The summed E-state index contributed by atoms with van der Waals surface area (Å²) in [5.74, 6) is -1.48. The Hall–Kier alpha value is -1.59. The van der Waals surface area contributed by atoms with Crippen LogP contribution in [-0.4, -0.2) is 35.5 Å². The fourth-order valence-corrected chi connectivity index (χ4v) is 2.25. The summed E-state index contributed by atoms with van der Waals surface area (Å²) in [6.07, 6.45) is 3.08. The van der Waals surface area contributed by atoms with Crippen LogP contribution in [0.1, 0.15) is 46.5 Å². The maximum atomic E-state index is 11.8. The van der Waals surface area contributed by atoms with Crippen LogP contribution in [0.5, 0.6) is 0 Å². The van der Waals surface area contributed by atoms with Gasteiger partial charge in [-0.05, 0) is 25.2 Å². The number of carboxylic acid groups (broad SMARTS) is 1. The monoisotopic (exact) mass is 284 g/mol. The van der Waals surface area contributed by atoms with Gasteiger partial charge in [0, 0.05) is 5.41 Å². The molecule has 0 radical (unpaired) electrons. The summed E-state index contributed by atoms with van der Waals surface area (Å²) in [4.78, 5) is 34.6. The molecule has 1 aliphatic rings. The van der Waals surface area contributed by atoms with Crippen LogP contribution in [0.3, 0.4) is 0 Å². The quantitative estimate of drug-likeness (QED) is 0.647. The molecule has 3 N–H and O–H groups in total. The number of hydrogen-bond donors (Lipinski definition) is 3. The summed E-state index contributed by atoms with van der Waals surface area (Å²) in [5, 5.41) is 14.0. The third-order valence-electron chi connectivity index (χ3n) is 3.76. The normalized spacial score (nSPS) is 18.0. The first kappa shape index (κ1) is 16.5. The number of carbonyl (C=O) groups is 3. The first-order valence-corrected chi connectivity index (χ1v) is 7.05. The van der Waals surface area contributed by atoms with E-state index in [2.05, 4.69) is 10.6 Å². The number of nitrogens with one attached hydrogen (secondary N) is 2. The van der Waals surface area contributed by atoms with Crippen LogP contribution >= 0.6 is 0 Å². The van der Waals surface area contributed by atoms with Gasteiger partial charge in [-0.15, -0.1) is 0 Å². The Bertz CT molecular complexity index is 389. The molecule has 1 fully saturated rings. The molecular formula is C14H24N2O4. The lowest BCUT2D eigenvalue weighted by atomic mass is 9.70. The van der Waals surface area contributed by atoms with Crippen molar-refractivity contribution >= 4 is 17.8 Å². The number of rotatable bonds is 7. The second-order valence-corrected chi connectivity index (χ2v) is 6.18. The zero-order valence-corrected chi connectivity index (χ0v) is 12.4. The van der Waals surface area contributed by atoms with Gasteiger partial charge in [0.05, 0.1) is 6.54 Å². The largest absolute Gasteiger partial charge is 0.480 e. The predicted octanol–water partition coefficient (Wildman–Crippen LogP) is 0.908. The van der Waals surface area contributed by atoms with Crippen molar-refractivity contribution in [1.82, 2.24) is 10.6 Å². The van der Waals surface area contributed by atoms with E-state index in [1.807, 2.05) is 20.8 Å². The summed E-state index contributed by atoms with van der Waals surface area (Å²) in [6, 6.07) is -0.904. The lowest BCUT2D eigenvalue weighted by Gasteiger charge is -2.36. The highest BCUT2D eigenvalue weighted by Crippen LogP contribution is 2.40. The first-order chi connectivity index (χ1) is 9.24. The Kier molecular flexibility index (Phi) is 5.53. The first-order valence-electron chi connectivity index (χ1n) is 7.05. The van der Waals surface area contributed by atoms with E-state index < -0.39 is 17.9 Å². The molecule has 1 saturated carbocycles. The Labute approximate surface area is 119 Å². The summed E-state index contributed by atoms with van der Waals surface area (Å²) >= 11 is 0. The zero-order chi connectivity index (χ0) is 15.3. The molecule has 114 valence electrons. The van der Waals surface area contributed by atoms with Gasteiger partial charge in [-0.1, -0.05) is 27.2 Å². The molecule has 1 rings (SSSR count). The van der Waals surface area contributed by atoms with Gasteiger partial charge < -0.3 is 15.7 Å². The van der Waals surface area contributed by atoms with Gasteiger partial charge in [-0.3, -0.25) is 9.59 Å². The lowest BCUT2D eigenvalue weighted by molar-refractivity contribution is -0.142. The van der Waals surface area contributed by atoms with Crippen molar-refractivity contribution in [1.29, 1.82) is 0 Å². The average Bonchev–Trinajstić information content (AvgIpc) is 2.31. The molecule has 0 heterocycles. The Morgan fingerprint density at radius 3 is 2.25 bits per heavy atom. The van der Waals surface area contributed by atoms with E-state index in [0.29, 0.717) is 6.42 Å². The highest BCUT2D eigenvalue weighted by molar-refractivity contribution is 5.89. The molecule has 6 nitrogen and oxygen atoms in total. The molecular weight excluding hydrogens is 260 g/mol. The SMILES string of the molecule is CC(C)C[C@H](NC(=O)CNC(=O)C1(C)CCC1)C(=O)O. The van der Waals surface area contributed by atoms with Gasteiger partial charge in [0.1, 0.15) is 6.04 Å². The molecule has 0 aromatic rings. The van der Waals surface area contributed by atoms with E-state index in [4.69, 9.17) is 5.11 Å². The summed E-state index contributed by atoms with van der Waals surface area (Å²) in [5.41, 5.74) is -0.357. The van der Waals surface area contributed by atoms with Crippen LogP contribution in [0.2, 0.25) is 0 Å². The zero-order valence-electron chi connectivity index (χ0n) is 12.4. The van der Waals surface area contributed by atoms with Crippen molar-refractivity contribution in [3.63, 3.8) is 0 Å². The Morgan fingerprint density at radius 1 is 1.25 bits per heavy atom. The number of carbonyl (C=O) groups excluding carboxylic acids is 2. The molecule has 0 aromatic carbocycles. The van der Waals surface area contributed by atoms with Crippen molar-refractivity contribution in [2.24, 2.45) is 11.3 Å². The van der Waals surface area contributed by atoms with E-state index in [1.165, 1.54) is 0 Å². The van der Waals surface area contributed by atoms with Gasteiger partial charge in [0.25, 0.3) is 0 Å². The predicted molar refractivity (Wildman–Crippen MR) is 74.0 cm³/mol. The Morgan fingerprint density at radius 2 is 1.85 bits per heavy atom. The van der Waals surface area contributed by atoms with Gasteiger partial charge in [0.15, 0.2) is 0 Å². The van der Waals surface area contributed by atoms with Crippen LogP contribution in [-0.2, 0) is 14.4 Å². The van der Waals surface area contributed by atoms with E-state index in [-0.39, 0.29) is 23.8 Å². The summed E-state index contributed by atoms with van der Waals surface area (Å²) < 4.78 is 0. The fourth-order valence-electron chi connectivity index (χ4n) is 2.25.